The fraction of sp³-hybridized carbons (Fsp3) is 0.333. The lowest BCUT2D eigenvalue weighted by Crippen LogP contribution is -2.24. The largest absolute Gasteiger partial charge is 0.411 e. The van der Waals surface area contributed by atoms with Crippen LogP contribution in [0.2, 0.25) is 5.02 Å². The van der Waals surface area contributed by atoms with Gasteiger partial charge in [0.05, 0.1) is 17.5 Å². The number of carbonyl (C=O) groups excluding carboxylic acids is 1. The van der Waals surface area contributed by atoms with E-state index in [1.54, 1.807) is 48.1 Å². The van der Waals surface area contributed by atoms with E-state index in [-0.39, 0.29) is 11.9 Å². The van der Waals surface area contributed by atoms with Crippen LogP contribution in [0.5, 0.6) is 0 Å². The van der Waals surface area contributed by atoms with Gasteiger partial charge in [-0.2, -0.15) is 5.10 Å². The molecule has 0 saturated heterocycles. The van der Waals surface area contributed by atoms with Gasteiger partial charge in [-0.15, -0.1) is 10.2 Å². The highest BCUT2D eigenvalue weighted by Crippen LogP contribution is 2.27. The summed E-state index contributed by atoms with van der Waals surface area (Å²) in [6, 6.07) is 9.10. The van der Waals surface area contributed by atoms with Crippen LogP contribution in [-0.2, 0) is 4.79 Å². The first-order valence-corrected chi connectivity index (χ1v) is 9.84. The third kappa shape index (κ3) is 4.70. The second-order valence-corrected chi connectivity index (χ2v) is 7.78. The van der Waals surface area contributed by atoms with Gasteiger partial charge in [0.2, 0.25) is 11.8 Å². The van der Waals surface area contributed by atoms with Crippen molar-refractivity contribution in [2.45, 2.75) is 43.7 Å². The maximum Gasteiger partial charge on any atom is 0.277 e. The van der Waals surface area contributed by atoms with Crippen LogP contribution in [0.3, 0.4) is 0 Å². The molecule has 142 valence electrons. The maximum atomic E-state index is 12.5. The Morgan fingerprint density at radius 1 is 1.26 bits per heavy atom. The number of thioether (sulfide) groups is 1. The number of carbonyl (C=O) groups is 1. The van der Waals surface area contributed by atoms with Gasteiger partial charge in [-0.25, -0.2) is 4.68 Å². The normalized spacial score (nSPS) is 13.3. The molecule has 27 heavy (non-hydrogen) atoms. The van der Waals surface area contributed by atoms with Gasteiger partial charge in [-0.3, -0.25) is 4.79 Å². The first kappa shape index (κ1) is 19.4. The lowest BCUT2D eigenvalue weighted by Gasteiger charge is -2.15. The highest BCUT2D eigenvalue weighted by molar-refractivity contribution is 8.00. The summed E-state index contributed by atoms with van der Waals surface area (Å²) in [5.41, 5.74) is 0.772. The van der Waals surface area contributed by atoms with E-state index >= 15 is 0 Å². The van der Waals surface area contributed by atoms with Gasteiger partial charge in [0.25, 0.3) is 5.22 Å². The minimum absolute atomic E-state index is 0.156. The number of amides is 1. The van der Waals surface area contributed by atoms with Crippen LogP contribution in [0.15, 0.2) is 46.2 Å². The molecule has 2 heterocycles. The van der Waals surface area contributed by atoms with Crippen molar-refractivity contribution in [3.05, 3.63) is 41.6 Å². The van der Waals surface area contributed by atoms with Gasteiger partial charge >= 0.3 is 0 Å². The molecule has 0 aliphatic heterocycles. The van der Waals surface area contributed by atoms with E-state index in [0.717, 1.165) is 12.0 Å². The number of anilines is 1. The molecule has 0 unspecified atom stereocenters. The SMILES string of the molecule is CC[C@H](C)n1nccc1NC(=O)[C@@H](C)Sc1nnc(-c2ccc(Cl)cc2)o1. The van der Waals surface area contributed by atoms with Crippen molar-refractivity contribution in [2.24, 2.45) is 0 Å². The van der Waals surface area contributed by atoms with E-state index in [9.17, 15) is 4.79 Å². The van der Waals surface area contributed by atoms with E-state index in [1.165, 1.54) is 11.8 Å². The number of aromatic nitrogens is 4. The van der Waals surface area contributed by atoms with Gasteiger partial charge in [0, 0.05) is 16.7 Å². The Morgan fingerprint density at radius 3 is 2.70 bits per heavy atom. The molecule has 3 rings (SSSR count). The molecular formula is C18H20ClN5O2S. The molecular weight excluding hydrogens is 386 g/mol. The predicted molar refractivity (Wildman–Crippen MR) is 106 cm³/mol. The van der Waals surface area contributed by atoms with Crippen LogP contribution < -0.4 is 5.32 Å². The van der Waals surface area contributed by atoms with Gasteiger partial charge in [0.15, 0.2) is 0 Å². The zero-order valence-electron chi connectivity index (χ0n) is 15.2. The van der Waals surface area contributed by atoms with E-state index in [4.69, 9.17) is 16.0 Å². The summed E-state index contributed by atoms with van der Waals surface area (Å²) in [5.74, 6) is 0.905. The van der Waals surface area contributed by atoms with Crippen LogP contribution in [-0.4, -0.2) is 31.1 Å². The molecule has 0 spiro atoms. The molecule has 0 aliphatic carbocycles. The summed E-state index contributed by atoms with van der Waals surface area (Å²) >= 11 is 7.09. The monoisotopic (exact) mass is 405 g/mol. The van der Waals surface area contributed by atoms with Gasteiger partial charge in [0.1, 0.15) is 5.82 Å². The zero-order chi connectivity index (χ0) is 19.4. The summed E-state index contributed by atoms with van der Waals surface area (Å²) in [4.78, 5) is 12.5. The molecule has 2 aromatic heterocycles. The predicted octanol–water partition coefficient (Wildman–Crippen LogP) is 4.68. The number of hydrogen-bond donors (Lipinski definition) is 1. The lowest BCUT2D eigenvalue weighted by atomic mass is 10.2. The van der Waals surface area contributed by atoms with Crippen molar-refractivity contribution < 1.29 is 9.21 Å². The molecule has 3 aromatic rings. The maximum absolute atomic E-state index is 12.5. The van der Waals surface area contributed by atoms with Crippen molar-refractivity contribution in [3.63, 3.8) is 0 Å². The number of nitrogens with zero attached hydrogens (tertiary/aromatic N) is 4. The molecule has 2 atom stereocenters. The molecule has 1 N–H and O–H groups in total. The Balaban J connectivity index is 1.64. The van der Waals surface area contributed by atoms with Crippen LogP contribution in [0.1, 0.15) is 33.2 Å². The number of hydrogen-bond acceptors (Lipinski definition) is 6. The second kappa shape index (κ2) is 8.58. The van der Waals surface area contributed by atoms with Crippen molar-refractivity contribution in [2.75, 3.05) is 5.32 Å². The molecule has 0 saturated carbocycles. The van der Waals surface area contributed by atoms with Crippen molar-refractivity contribution in [1.29, 1.82) is 0 Å². The number of rotatable bonds is 7. The van der Waals surface area contributed by atoms with Crippen molar-refractivity contribution in [3.8, 4) is 11.5 Å². The Bertz CT molecular complexity index is 909. The van der Waals surface area contributed by atoms with Gasteiger partial charge in [-0.05, 0) is 44.5 Å². The second-order valence-electron chi connectivity index (χ2n) is 6.05. The van der Waals surface area contributed by atoms with E-state index in [0.29, 0.717) is 22.0 Å². The molecule has 1 aromatic carbocycles. The van der Waals surface area contributed by atoms with Crippen LogP contribution >= 0.6 is 23.4 Å². The van der Waals surface area contributed by atoms with Gasteiger partial charge < -0.3 is 9.73 Å². The first-order valence-electron chi connectivity index (χ1n) is 8.58. The number of halogens is 1. The van der Waals surface area contributed by atoms with Crippen molar-refractivity contribution in [1.82, 2.24) is 20.0 Å². The highest BCUT2D eigenvalue weighted by atomic mass is 35.5. The lowest BCUT2D eigenvalue weighted by molar-refractivity contribution is -0.115. The molecule has 0 radical (unpaired) electrons. The first-order chi connectivity index (χ1) is 13.0. The topological polar surface area (TPSA) is 85.8 Å². The van der Waals surface area contributed by atoms with Crippen LogP contribution in [0.4, 0.5) is 5.82 Å². The smallest absolute Gasteiger partial charge is 0.277 e. The third-order valence-corrected chi connectivity index (χ3v) is 5.26. The third-order valence-electron chi connectivity index (χ3n) is 4.07. The summed E-state index contributed by atoms with van der Waals surface area (Å²) < 4.78 is 7.45. The Labute approximate surface area is 166 Å². The zero-order valence-corrected chi connectivity index (χ0v) is 16.8. The minimum atomic E-state index is -0.413. The number of benzene rings is 1. The summed E-state index contributed by atoms with van der Waals surface area (Å²) in [7, 11) is 0. The van der Waals surface area contributed by atoms with Crippen molar-refractivity contribution >= 4 is 35.1 Å². The summed E-state index contributed by atoms with van der Waals surface area (Å²) in [6.07, 6.45) is 2.60. The Morgan fingerprint density at radius 2 is 2.00 bits per heavy atom. The van der Waals surface area contributed by atoms with E-state index < -0.39 is 5.25 Å². The quantitative estimate of drug-likeness (QED) is 0.574. The summed E-state index contributed by atoms with van der Waals surface area (Å²) in [6.45, 7) is 5.91. The molecule has 0 aliphatic rings. The van der Waals surface area contributed by atoms with E-state index in [2.05, 4.69) is 34.5 Å². The summed E-state index contributed by atoms with van der Waals surface area (Å²) in [5, 5.41) is 15.8. The molecule has 0 fully saturated rings. The fourth-order valence-corrected chi connectivity index (χ4v) is 3.15. The molecule has 9 heteroatoms. The Hall–Kier alpha value is -2.32. The molecule has 0 bridgehead atoms. The number of nitrogens with one attached hydrogen (secondary N) is 1. The molecule has 1 amide bonds. The van der Waals surface area contributed by atoms with Crippen LogP contribution in [0, 0.1) is 0 Å². The average Bonchev–Trinajstić information content (AvgIpc) is 3.31. The average molecular weight is 406 g/mol. The van der Waals surface area contributed by atoms with Crippen LogP contribution in [0.25, 0.3) is 11.5 Å². The minimum Gasteiger partial charge on any atom is -0.411 e. The van der Waals surface area contributed by atoms with E-state index in [1.807, 2.05) is 0 Å². The fourth-order valence-electron chi connectivity index (χ4n) is 2.34. The highest BCUT2D eigenvalue weighted by Gasteiger charge is 2.20. The molecule has 7 nitrogen and oxygen atoms in total. The Kier molecular flexibility index (Phi) is 6.18. The van der Waals surface area contributed by atoms with Gasteiger partial charge in [-0.1, -0.05) is 30.3 Å². The standard InChI is InChI=1S/C18H20ClN5O2S/c1-4-11(2)24-15(9-10-20-24)21-16(25)12(3)27-18-23-22-17(26-18)13-5-7-14(19)8-6-13/h5-12H,4H2,1-3H3,(H,21,25)/t11-,12+/m0/s1.